The summed E-state index contributed by atoms with van der Waals surface area (Å²) in [5.41, 5.74) is 0.240. The quantitative estimate of drug-likeness (QED) is 0.501. The summed E-state index contributed by atoms with van der Waals surface area (Å²) in [5, 5.41) is 2.68. The van der Waals surface area contributed by atoms with Gasteiger partial charge in [-0.1, -0.05) is 12.1 Å². The average Bonchev–Trinajstić information content (AvgIpc) is 3.52. The van der Waals surface area contributed by atoms with Gasteiger partial charge in [-0.3, -0.25) is 9.52 Å². The van der Waals surface area contributed by atoms with E-state index in [0.29, 0.717) is 18.8 Å². The van der Waals surface area contributed by atoms with Crippen molar-refractivity contribution in [3.8, 4) is 0 Å². The molecule has 1 aliphatic rings. The average molecular weight is 490 g/mol. The Balaban J connectivity index is 1.51. The van der Waals surface area contributed by atoms with Crippen molar-refractivity contribution >= 4 is 31.6 Å². The minimum atomic E-state index is -4.07. The molecule has 3 aromatic rings. The number of rotatable bonds is 8. The number of sulfonamides is 2. The molecule has 1 amide bonds. The van der Waals surface area contributed by atoms with Crippen LogP contribution in [0, 0.1) is 0 Å². The number of hydrogen-bond acceptors (Lipinski definition) is 6. The van der Waals surface area contributed by atoms with Crippen LogP contribution in [0.1, 0.15) is 29.0 Å². The van der Waals surface area contributed by atoms with Crippen molar-refractivity contribution in [2.45, 2.75) is 29.2 Å². The number of nitrogens with one attached hydrogen (secondary N) is 2. The zero-order valence-corrected chi connectivity index (χ0v) is 19.2. The Bertz CT molecular complexity index is 1330. The van der Waals surface area contributed by atoms with Crippen LogP contribution >= 0.6 is 0 Å². The van der Waals surface area contributed by atoms with Crippen LogP contribution in [0.2, 0.25) is 0 Å². The minimum absolute atomic E-state index is 0.0426. The molecule has 9 nitrogen and oxygen atoms in total. The van der Waals surface area contributed by atoms with E-state index in [1.54, 1.807) is 24.3 Å². The monoisotopic (exact) mass is 489 g/mol. The van der Waals surface area contributed by atoms with E-state index in [2.05, 4.69) is 10.0 Å². The number of nitrogens with zero attached hydrogens (tertiary/aromatic N) is 1. The molecule has 2 N–H and O–H groups in total. The summed E-state index contributed by atoms with van der Waals surface area (Å²) in [6, 6.07) is 14.7. The molecule has 1 fully saturated rings. The van der Waals surface area contributed by atoms with E-state index in [1.807, 2.05) is 0 Å². The second-order valence-electron chi connectivity index (χ2n) is 7.50. The van der Waals surface area contributed by atoms with Gasteiger partial charge in [-0.25, -0.2) is 16.8 Å². The molecular formula is C22H23N3O6S2. The largest absolute Gasteiger partial charge is 0.467 e. The number of hydrogen-bond donors (Lipinski definition) is 2. The molecule has 0 unspecified atom stereocenters. The van der Waals surface area contributed by atoms with E-state index < -0.39 is 26.0 Å². The minimum Gasteiger partial charge on any atom is -0.467 e. The zero-order chi connectivity index (χ0) is 23.5. The van der Waals surface area contributed by atoms with E-state index >= 15 is 0 Å². The third-order valence-electron chi connectivity index (χ3n) is 5.26. The van der Waals surface area contributed by atoms with Crippen molar-refractivity contribution in [3.05, 3.63) is 78.3 Å². The maximum atomic E-state index is 12.9. The summed E-state index contributed by atoms with van der Waals surface area (Å²) in [7, 11) is -7.71. The third kappa shape index (κ3) is 5.10. The second-order valence-corrected chi connectivity index (χ2v) is 11.1. The van der Waals surface area contributed by atoms with Crippen molar-refractivity contribution in [2.24, 2.45) is 0 Å². The lowest BCUT2D eigenvalue weighted by Crippen LogP contribution is -2.27. The summed E-state index contributed by atoms with van der Waals surface area (Å²) >= 11 is 0. The number of amides is 1. The Kier molecular flexibility index (Phi) is 6.54. The topological polar surface area (TPSA) is 126 Å². The molecule has 1 aliphatic heterocycles. The van der Waals surface area contributed by atoms with E-state index in [4.69, 9.17) is 4.42 Å². The Morgan fingerprint density at radius 1 is 0.879 bits per heavy atom. The van der Waals surface area contributed by atoms with E-state index in [1.165, 1.54) is 47.0 Å². The van der Waals surface area contributed by atoms with Gasteiger partial charge < -0.3 is 9.73 Å². The molecule has 0 atom stereocenters. The van der Waals surface area contributed by atoms with Crippen LogP contribution in [-0.4, -0.2) is 40.1 Å². The highest BCUT2D eigenvalue weighted by Crippen LogP contribution is 2.24. The normalized spacial score (nSPS) is 14.8. The molecule has 0 radical (unpaired) electrons. The molecule has 2 aromatic carbocycles. The zero-order valence-electron chi connectivity index (χ0n) is 17.6. The fourth-order valence-corrected chi connectivity index (χ4v) is 6.11. The third-order valence-corrected chi connectivity index (χ3v) is 8.55. The van der Waals surface area contributed by atoms with Crippen LogP contribution in [0.3, 0.4) is 0 Å². The van der Waals surface area contributed by atoms with Gasteiger partial charge >= 0.3 is 0 Å². The highest BCUT2D eigenvalue weighted by atomic mass is 32.2. The Hall–Kier alpha value is -3.15. The van der Waals surface area contributed by atoms with Gasteiger partial charge in [-0.15, -0.1) is 0 Å². The summed E-state index contributed by atoms with van der Waals surface area (Å²) < 4.78 is 60.2. The van der Waals surface area contributed by atoms with Crippen LogP contribution in [0.4, 0.5) is 5.69 Å². The van der Waals surface area contributed by atoms with Crippen LogP contribution < -0.4 is 10.0 Å². The number of carbonyl (C=O) groups is 1. The van der Waals surface area contributed by atoms with Gasteiger partial charge in [-0.05, 0) is 61.4 Å². The van der Waals surface area contributed by atoms with Gasteiger partial charge in [0.15, 0.2) is 0 Å². The molecule has 1 saturated heterocycles. The standard InChI is InChI=1S/C22H23N3O6S2/c26-22(23-16-17-6-5-15-31-17)20-7-1-2-8-21(20)24-32(27,28)18-9-11-19(12-10-18)33(29,30)25-13-3-4-14-25/h1-2,5-12,15,24H,3-4,13-14,16H2,(H,23,26). The van der Waals surface area contributed by atoms with Gasteiger partial charge in [0.2, 0.25) is 10.0 Å². The summed E-state index contributed by atoms with van der Waals surface area (Å²) in [4.78, 5) is 12.5. The van der Waals surface area contributed by atoms with E-state index in [0.717, 1.165) is 12.8 Å². The first-order valence-corrected chi connectivity index (χ1v) is 13.2. The molecule has 174 valence electrons. The number of carbonyl (C=O) groups excluding carboxylic acids is 1. The lowest BCUT2D eigenvalue weighted by Gasteiger charge is -2.16. The first kappa shape index (κ1) is 23.0. The Morgan fingerprint density at radius 3 is 2.21 bits per heavy atom. The molecule has 33 heavy (non-hydrogen) atoms. The maximum Gasteiger partial charge on any atom is 0.261 e. The van der Waals surface area contributed by atoms with E-state index in [9.17, 15) is 21.6 Å². The van der Waals surface area contributed by atoms with Crippen LogP contribution in [0.15, 0.2) is 81.1 Å². The second kappa shape index (κ2) is 9.38. The fourth-order valence-electron chi connectivity index (χ4n) is 3.52. The van der Waals surface area contributed by atoms with Gasteiger partial charge in [0.25, 0.3) is 15.9 Å². The predicted octanol–water partition coefficient (Wildman–Crippen LogP) is 2.79. The Morgan fingerprint density at radius 2 is 1.55 bits per heavy atom. The van der Waals surface area contributed by atoms with Crippen LogP contribution in [0.5, 0.6) is 0 Å². The van der Waals surface area contributed by atoms with Crippen molar-refractivity contribution in [1.29, 1.82) is 0 Å². The number of furan rings is 1. The smallest absolute Gasteiger partial charge is 0.261 e. The molecule has 0 bridgehead atoms. The molecule has 0 saturated carbocycles. The fraction of sp³-hybridized carbons (Fsp3) is 0.227. The number of para-hydroxylation sites is 1. The maximum absolute atomic E-state index is 12.9. The summed E-state index contributed by atoms with van der Waals surface area (Å²) in [6.07, 6.45) is 3.11. The molecule has 0 aliphatic carbocycles. The molecule has 2 heterocycles. The number of benzene rings is 2. The van der Waals surface area contributed by atoms with Crippen molar-refractivity contribution in [3.63, 3.8) is 0 Å². The van der Waals surface area contributed by atoms with Crippen LogP contribution in [0.25, 0.3) is 0 Å². The summed E-state index contributed by atoms with van der Waals surface area (Å²) in [6.45, 7) is 1.07. The highest BCUT2D eigenvalue weighted by molar-refractivity contribution is 7.92. The SMILES string of the molecule is O=C(NCc1ccco1)c1ccccc1NS(=O)(=O)c1ccc(S(=O)(=O)N2CCCC2)cc1. The van der Waals surface area contributed by atoms with E-state index in [-0.39, 0.29) is 27.6 Å². The molecular weight excluding hydrogens is 466 g/mol. The van der Waals surface area contributed by atoms with Crippen molar-refractivity contribution < 1.29 is 26.0 Å². The van der Waals surface area contributed by atoms with Gasteiger partial charge in [0.1, 0.15) is 5.76 Å². The van der Waals surface area contributed by atoms with Crippen LogP contribution in [-0.2, 0) is 26.6 Å². The Labute approximate surface area is 192 Å². The first-order chi connectivity index (χ1) is 15.8. The predicted molar refractivity (Wildman–Crippen MR) is 122 cm³/mol. The highest BCUT2D eigenvalue weighted by Gasteiger charge is 2.27. The van der Waals surface area contributed by atoms with Gasteiger partial charge in [0.05, 0.1) is 33.8 Å². The lowest BCUT2D eigenvalue weighted by molar-refractivity contribution is 0.0949. The van der Waals surface area contributed by atoms with Crippen molar-refractivity contribution in [2.75, 3.05) is 17.8 Å². The molecule has 0 spiro atoms. The lowest BCUT2D eigenvalue weighted by atomic mass is 10.1. The first-order valence-electron chi connectivity index (χ1n) is 10.3. The van der Waals surface area contributed by atoms with Crippen molar-refractivity contribution in [1.82, 2.24) is 9.62 Å². The molecule has 1 aromatic heterocycles. The van der Waals surface area contributed by atoms with Gasteiger partial charge in [0, 0.05) is 13.1 Å². The summed E-state index contributed by atoms with van der Waals surface area (Å²) in [5.74, 6) is 0.0853. The molecule has 11 heteroatoms. The molecule has 4 rings (SSSR count). The van der Waals surface area contributed by atoms with Gasteiger partial charge in [-0.2, -0.15) is 4.31 Å². The number of anilines is 1.